The Hall–Kier alpha value is -2.29. The number of rotatable bonds is 6. The van der Waals surface area contributed by atoms with Gasteiger partial charge in [0.25, 0.3) is 5.91 Å². The molecule has 0 spiro atoms. The maximum atomic E-state index is 13.7. The van der Waals surface area contributed by atoms with Crippen molar-refractivity contribution in [3.05, 3.63) is 66.0 Å². The molecular weight excluding hydrogens is 381 g/mol. The third-order valence-corrected chi connectivity index (χ3v) is 6.94. The second kappa shape index (κ2) is 8.81. The lowest BCUT2D eigenvalue weighted by Crippen LogP contribution is -3.19. The number of carbonyl (C=O) groups excluding carboxylic acids is 1. The number of benzene rings is 2. The van der Waals surface area contributed by atoms with Crippen LogP contribution in [0.2, 0.25) is 0 Å². The largest absolute Gasteiger partial charge is 0.323 e. The van der Waals surface area contributed by atoms with E-state index in [1.807, 2.05) is 18.2 Å². The summed E-state index contributed by atoms with van der Waals surface area (Å²) in [5.41, 5.74) is 0.915. The fraction of sp³-hybridized carbons (Fsp3) is 0.350. The summed E-state index contributed by atoms with van der Waals surface area (Å²) < 4.78 is 40.5. The molecule has 0 bridgehead atoms. The zero-order chi connectivity index (χ0) is 20.1. The molecule has 3 rings (SSSR count). The molecule has 1 aliphatic rings. The first-order valence-corrected chi connectivity index (χ1v) is 10.9. The predicted octanol–water partition coefficient (Wildman–Crippen LogP) is 0.883. The summed E-state index contributed by atoms with van der Waals surface area (Å²) in [5.74, 6) is -0.775. The second-order valence-corrected chi connectivity index (χ2v) is 8.96. The zero-order valence-corrected chi connectivity index (χ0v) is 16.6. The molecule has 0 aliphatic carbocycles. The number of sulfonamides is 1. The van der Waals surface area contributed by atoms with Crippen LogP contribution in [0.1, 0.15) is 12.5 Å². The average Bonchev–Trinajstić information content (AvgIpc) is 2.69. The van der Waals surface area contributed by atoms with E-state index in [1.165, 1.54) is 16.4 Å². The second-order valence-electron chi connectivity index (χ2n) is 6.99. The summed E-state index contributed by atoms with van der Waals surface area (Å²) in [5, 5.41) is 2.61. The van der Waals surface area contributed by atoms with Crippen LogP contribution in [0.25, 0.3) is 0 Å². The summed E-state index contributed by atoms with van der Waals surface area (Å²) in [4.78, 5) is 13.4. The molecule has 0 aromatic heterocycles. The number of piperazine rings is 1. The lowest BCUT2D eigenvalue weighted by Gasteiger charge is -2.34. The van der Waals surface area contributed by atoms with Gasteiger partial charge in [-0.2, -0.15) is 4.31 Å². The van der Waals surface area contributed by atoms with Crippen LogP contribution in [0.4, 0.5) is 10.1 Å². The van der Waals surface area contributed by atoms with Crippen molar-refractivity contribution in [2.24, 2.45) is 0 Å². The number of para-hydroxylation sites is 1. The summed E-state index contributed by atoms with van der Waals surface area (Å²) in [7, 11) is -3.39. The zero-order valence-electron chi connectivity index (χ0n) is 15.8. The van der Waals surface area contributed by atoms with Gasteiger partial charge in [0.1, 0.15) is 5.82 Å². The van der Waals surface area contributed by atoms with Gasteiger partial charge in [0.05, 0.1) is 37.6 Å². The van der Waals surface area contributed by atoms with Crippen LogP contribution < -0.4 is 10.2 Å². The highest BCUT2D eigenvalue weighted by Gasteiger charge is 2.33. The van der Waals surface area contributed by atoms with Gasteiger partial charge in [0.2, 0.25) is 10.0 Å². The topological polar surface area (TPSA) is 70.9 Å². The third-order valence-electron chi connectivity index (χ3n) is 5.09. The lowest BCUT2D eigenvalue weighted by atomic mass is 10.2. The minimum atomic E-state index is -3.39. The minimum Gasteiger partial charge on any atom is -0.323 e. The van der Waals surface area contributed by atoms with Gasteiger partial charge >= 0.3 is 0 Å². The van der Waals surface area contributed by atoms with Gasteiger partial charge in [0.15, 0.2) is 6.04 Å². The molecular formula is C20H25FN3O3S+. The van der Waals surface area contributed by atoms with E-state index in [0.29, 0.717) is 26.2 Å². The van der Waals surface area contributed by atoms with Crippen molar-refractivity contribution < 1.29 is 22.5 Å². The molecule has 2 aromatic carbocycles. The number of quaternary nitrogens is 1. The molecule has 1 amide bonds. The number of hydrogen-bond donors (Lipinski definition) is 2. The van der Waals surface area contributed by atoms with E-state index in [9.17, 15) is 17.6 Å². The highest BCUT2D eigenvalue weighted by molar-refractivity contribution is 7.88. The molecule has 8 heteroatoms. The average molecular weight is 407 g/mol. The van der Waals surface area contributed by atoms with Crippen molar-refractivity contribution in [3.63, 3.8) is 0 Å². The van der Waals surface area contributed by atoms with Crippen molar-refractivity contribution >= 4 is 21.6 Å². The first-order chi connectivity index (χ1) is 13.4. The number of halogens is 1. The molecule has 1 aliphatic heterocycles. The van der Waals surface area contributed by atoms with E-state index >= 15 is 0 Å². The number of nitrogens with one attached hydrogen (secondary N) is 2. The van der Waals surface area contributed by atoms with Crippen molar-refractivity contribution in [1.29, 1.82) is 0 Å². The van der Waals surface area contributed by atoms with E-state index in [1.54, 1.807) is 31.2 Å². The van der Waals surface area contributed by atoms with Gasteiger partial charge in [-0.05, 0) is 24.6 Å². The maximum absolute atomic E-state index is 13.7. The molecule has 6 nitrogen and oxygen atoms in total. The molecule has 1 saturated heterocycles. The molecule has 0 saturated carbocycles. The van der Waals surface area contributed by atoms with Gasteiger partial charge in [-0.25, -0.2) is 12.8 Å². The highest BCUT2D eigenvalue weighted by Crippen LogP contribution is 2.13. The molecule has 1 atom stereocenters. The molecule has 150 valence electrons. The summed E-state index contributed by atoms with van der Waals surface area (Å²) in [6, 6.07) is 14.7. The Morgan fingerprint density at radius 3 is 2.36 bits per heavy atom. The van der Waals surface area contributed by atoms with Crippen molar-refractivity contribution in [1.82, 2.24) is 4.31 Å². The van der Waals surface area contributed by atoms with Crippen LogP contribution in [-0.2, 0) is 20.6 Å². The van der Waals surface area contributed by atoms with Gasteiger partial charge in [0, 0.05) is 0 Å². The summed E-state index contributed by atoms with van der Waals surface area (Å²) in [6.45, 7) is 3.56. The van der Waals surface area contributed by atoms with Crippen molar-refractivity contribution in [2.75, 3.05) is 31.5 Å². The minimum absolute atomic E-state index is 0.0213. The van der Waals surface area contributed by atoms with Crippen LogP contribution in [0.15, 0.2) is 54.6 Å². The Labute approximate surface area is 165 Å². The molecule has 0 unspecified atom stereocenters. The smallest absolute Gasteiger partial charge is 0.282 e. The molecule has 0 radical (unpaired) electrons. The quantitative estimate of drug-likeness (QED) is 0.748. The fourth-order valence-electron chi connectivity index (χ4n) is 3.35. The van der Waals surface area contributed by atoms with E-state index in [0.717, 1.165) is 10.5 Å². The highest BCUT2D eigenvalue weighted by atomic mass is 32.2. The number of hydrogen-bond acceptors (Lipinski definition) is 3. The Morgan fingerprint density at radius 1 is 1.11 bits per heavy atom. The normalized spacial score (nSPS) is 17.2. The SMILES string of the molecule is C[C@H](C(=O)Nc1ccccc1F)[NH+]1CCN(S(=O)(=O)Cc2ccccc2)CC1. The van der Waals surface area contributed by atoms with E-state index < -0.39 is 21.9 Å². The maximum Gasteiger partial charge on any atom is 0.282 e. The monoisotopic (exact) mass is 406 g/mol. The van der Waals surface area contributed by atoms with Gasteiger partial charge in [-0.1, -0.05) is 42.5 Å². The summed E-state index contributed by atoms with van der Waals surface area (Å²) >= 11 is 0. The van der Waals surface area contributed by atoms with Gasteiger partial charge in [-0.3, -0.25) is 4.79 Å². The number of amides is 1. The number of carbonyl (C=O) groups is 1. The Kier molecular flexibility index (Phi) is 6.43. The van der Waals surface area contributed by atoms with Crippen LogP contribution in [0.5, 0.6) is 0 Å². The van der Waals surface area contributed by atoms with Gasteiger partial charge < -0.3 is 10.2 Å². The van der Waals surface area contributed by atoms with Crippen LogP contribution in [0.3, 0.4) is 0 Å². The van der Waals surface area contributed by atoms with Crippen molar-refractivity contribution in [3.8, 4) is 0 Å². The van der Waals surface area contributed by atoms with Gasteiger partial charge in [-0.15, -0.1) is 0 Å². The first kappa shape index (κ1) is 20.4. The Morgan fingerprint density at radius 2 is 1.71 bits per heavy atom. The molecule has 28 heavy (non-hydrogen) atoms. The van der Waals surface area contributed by atoms with Crippen molar-refractivity contribution in [2.45, 2.75) is 18.7 Å². The van der Waals surface area contributed by atoms with E-state index in [-0.39, 0.29) is 17.3 Å². The number of anilines is 1. The van der Waals surface area contributed by atoms with Crippen LogP contribution >= 0.6 is 0 Å². The Bertz CT molecular complexity index is 913. The molecule has 1 fully saturated rings. The number of nitrogens with zero attached hydrogens (tertiary/aromatic N) is 1. The Balaban J connectivity index is 1.55. The molecule has 2 aromatic rings. The summed E-state index contributed by atoms with van der Waals surface area (Å²) in [6.07, 6.45) is 0. The predicted molar refractivity (Wildman–Crippen MR) is 106 cm³/mol. The van der Waals surface area contributed by atoms with E-state index in [4.69, 9.17) is 0 Å². The first-order valence-electron chi connectivity index (χ1n) is 9.28. The molecule has 1 heterocycles. The fourth-order valence-corrected chi connectivity index (χ4v) is 4.88. The van der Waals surface area contributed by atoms with Crippen LogP contribution in [0, 0.1) is 5.82 Å². The lowest BCUT2D eigenvalue weighted by molar-refractivity contribution is -0.917. The third kappa shape index (κ3) is 4.95. The standard InChI is InChI=1S/C20H24FN3O3S/c1-16(20(25)22-19-10-6-5-9-18(19)21)23-11-13-24(14-12-23)28(26,27)15-17-7-3-2-4-8-17/h2-10,16H,11-15H2,1H3,(H,22,25)/p+1/t16-/m1/s1. The molecule has 2 N–H and O–H groups in total. The van der Waals surface area contributed by atoms with E-state index in [2.05, 4.69) is 5.32 Å². The van der Waals surface area contributed by atoms with Crippen LogP contribution in [-0.4, -0.2) is 50.9 Å².